The van der Waals surface area contributed by atoms with Gasteiger partial charge in [0.05, 0.1) is 0 Å². The van der Waals surface area contributed by atoms with Crippen LogP contribution in [0.3, 0.4) is 0 Å². The van der Waals surface area contributed by atoms with Crippen LogP contribution in [0.15, 0.2) is 17.4 Å². The van der Waals surface area contributed by atoms with Crippen molar-refractivity contribution < 1.29 is 5.21 Å². The standard InChI is InChI=1S/C12H19N5O/c1-17(8-9-4-2-3-5-9)12-14-7-6-10(15-12)11(13)16-18/h6-7,9,18H,2-5,8H2,1H3,(H2,13,16). The van der Waals surface area contributed by atoms with E-state index in [1.807, 2.05) is 11.9 Å². The Kier molecular flexibility index (Phi) is 3.96. The summed E-state index contributed by atoms with van der Waals surface area (Å²) >= 11 is 0. The van der Waals surface area contributed by atoms with Crippen molar-refractivity contribution in [2.24, 2.45) is 16.8 Å². The Balaban J connectivity index is 2.07. The lowest BCUT2D eigenvalue weighted by Gasteiger charge is -2.21. The first kappa shape index (κ1) is 12.6. The van der Waals surface area contributed by atoms with Gasteiger partial charge in [0, 0.05) is 19.8 Å². The molecule has 6 heteroatoms. The predicted molar refractivity (Wildman–Crippen MR) is 69.8 cm³/mol. The first-order valence-electron chi connectivity index (χ1n) is 6.23. The van der Waals surface area contributed by atoms with Gasteiger partial charge in [0.1, 0.15) is 5.69 Å². The number of anilines is 1. The molecule has 0 amide bonds. The molecule has 1 heterocycles. The Morgan fingerprint density at radius 3 is 2.94 bits per heavy atom. The number of hydrogen-bond acceptors (Lipinski definition) is 5. The van der Waals surface area contributed by atoms with Crippen LogP contribution in [0.2, 0.25) is 0 Å². The fourth-order valence-corrected chi connectivity index (χ4v) is 2.39. The minimum absolute atomic E-state index is 0.00733. The lowest BCUT2D eigenvalue weighted by Crippen LogP contribution is -2.27. The first-order chi connectivity index (χ1) is 8.70. The number of nitrogens with two attached hydrogens (primary N) is 1. The predicted octanol–water partition coefficient (Wildman–Crippen LogP) is 1.20. The van der Waals surface area contributed by atoms with E-state index in [1.165, 1.54) is 25.7 Å². The van der Waals surface area contributed by atoms with Gasteiger partial charge in [0.15, 0.2) is 5.84 Å². The SMILES string of the molecule is CN(CC1CCCC1)c1nccc(/C(N)=N/O)n1. The highest BCUT2D eigenvalue weighted by Gasteiger charge is 2.18. The maximum Gasteiger partial charge on any atom is 0.225 e. The molecule has 0 spiro atoms. The molecule has 1 aromatic rings. The molecule has 0 aromatic carbocycles. The summed E-state index contributed by atoms with van der Waals surface area (Å²) in [6.45, 7) is 0.958. The Morgan fingerprint density at radius 2 is 2.28 bits per heavy atom. The van der Waals surface area contributed by atoms with Gasteiger partial charge in [-0.15, -0.1) is 0 Å². The van der Waals surface area contributed by atoms with Crippen LogP contribution in [0.4, 0.5) is 5.95 Å². The topological polar surface area (TPSA) is 87.6 Å². The minimum Gasteiger partial charge on any atom is -0.409 e. The molecule has 1 aromatic heterocycles. The smallest absolute Gasteiger partial charge is 0.225 e. The molecule has 0 unspecified atom stereocenters. The van der Waals surface area contributed by atoms with E-state index in [2.05, 4.69) is 15.1 Å². The molecule has 0 saturated heterocycles. The molecule has 3 N–H and O–H groups in total. The minimum atomic E-state index is 0.00733. The Bertz CT molecular complexity index is 428. The maximum atomic E-state index is 8.64. The van der Waals surface area contributed by atoms with Crippen molar-refractivity contribution in [3.8, 4) is 0 Å². The van der Waals surface area contributed by atoms with Gasteiger partial charge in [0.2, 0.25) is 5.95 Å². The van der Waals surface area contributed by atoms with E-state index in [0.29, 0.717) is 11.6 Å². The second-order valence-corrected chi connectivity index (χ2v) is 4.76. The molecule has 1 saturated carbocycles. The zero-order valence-electron chi connectivity index (χ0n) is 10.6. The van der Waals surface area contributed by atoms with E-state index in [4.69, 9.17) is 10.9 Å². The summed E-state index contributed by atoms with van der Waals surface area (Å²) in [5.74, 6) is 1.35. The molecule has 0 aliphatic heterocycles. The Morgan fingerprint density at radius 1 is 1.56 bits per heavy atom. The van der Waals surface area contributed by atoms with Gasteiger partial charge in [-0.2, -0.15) is 0 Å². The number of nitrogens with zero attached hydrogens (tertiary/aromatic N) is 4. The van der Waals surface area contributed by atoms with Crippen LogP contribution in [0.25, 0.3) is 0 Å². The molecule has 1 aliphatic rings. The summed E-state index contributed by atoms with van der Waals surface area (Å²) in [5.41, 5.74) is 5.96. The fraction of sp³-hybridized carbons (Fsp3) is 0.583. The van der Waals surface area contributed by atoms with Crippen molar-refractivity contribution in [3.63, 3.8) is 0 Å². The number of aromatic nitrogens is 2. The van der Waals surface area contributed by atoms with Crippen molar-refractivity contribution in [2.45, 2.75) is 25.7 Å². The number of oxime groups is 1. The molecule has 18 heavy (non-hydrogen) atoms. The Hall–Kier alpha value is -1.85. The highest BCUT2D eigenvalue weighted by molar-refractivity contribution is 5.95. The Labute approximate surface area is 107 Å². The van der Waals surface area contributed by atoms with Crippen molar-refractivity contribution in [3.05, 3.63) is 18.0 Å². The molecule has 2 rings (SSSR count). The molecular formula is C12H19N5O. The molecule has 0 bridgehead atoms. The molecule has 6 nitrogen and oxygen atoms in total. The van der Waals surface area contributed by atoms with Crippen molar-refractivity contribution in [1.82, 2.24) is 9.97 Å². The molecular weight excluding hydrogens is 230 g/mol. The van der Waals surface area contributed by atoms with Crippen LogP contribution in [0.1, 0.15) is 31.4 Å². The van der Waals surface area contributed by atoms with Gasteiger partial charge in [0.25, 0.3) is 0 Å². The van der Waals surface area contributed by atoms with E-state index in [9.17, 15) is 0 Å². The second kappa shape index (κ2) is 5.66. The molecule has 0 radical (unpaired) electrons. The van der Waals surface area contributed by atoms with Crippen LogP contribution < -0.4 is 10.6 Å². The third-order valence-corrected chi connectivity index (χ3v) is 3.36. The van der Waals surface area contributed by atoms with E-state index < -0.39 is 0 Å². The average molecular weight is 249 g/mol. The highest BCUT2D eigenvalue weighted by Crippen LogP contribution is 2.25. The number of amidine groups is 1. The van der Waals surface area contributed by atoms with E-state index in [1.54, 1.807) is 12.3 Å². The fourth-order valence-electron chi connectivity index (χ4n) is 2.39. The lowest BCUT2D eigenvalue weighted by molar-refractivity contribution is 0.318. The molecule has 0 atom stereocenters. The zero-order valence-corrected chi connectivity index (χ0v) is 10.6. The lowest BCUT2D eigenvalue weighted by atomic mass is 10.1. The van der Waals surface area contributed by atoms with Crippen LogP contribution in [-0.4, -0.2) is 34.6 Å². The maximum absolute atomic E-state index is 8.64. The van der Waals surface area contributed by atoms with Gasteiger partial charge in [-0.3, -0.25) is 0 Å². The summed E-state index contributed by atoms with van der Waals surface area (Å²) in [6.07, 6.45) is 6.84. The van der Waals surface area contributed by atoms with Crippen molar-refractivity contribution in [2.75, 3.05) is 18.5 Å². The van der Waals surface area contributed by atoms with Crippen molar-refractivity contribution >= 4 is 11.8 Å². The van der Waals surface area contributed by atoms with E-state index in [-0.39, 0.29) is 5.84 Å². The third kappa shape index (κ3) is 2.88. The summed E-state index contributed by atoms with van der Waals surface area (Å²) in [6, 6.07) is 1.63. The van der Waals surface area contributed by atoms with Gasteiger partial charge >= 0.3 is 0 Å². The van der Waals surface area contributed by atoms with Gasteiger partial charge in [-0.1, -0.05) is 18.0 Å². The van der Waals surface area contributed by atoms with Gasteiger partial charge in [-0.25, -0.2) is 9.97 Å². The largest absolute Gasteiger partial charge is 0.409 e. The molecule has 98 valence electrons. The normalized spacial score (nSPS) is 17.1. The monoisotopic (exact) mass is 249 g/mol. The molecule has 1 aliphatic carbocycles. The second-order valence-electron chi connectivity index (χ2n) is 4.76. The average Bonchev–Trinajstić information content (AvgIpc) is 2.90. The summed E-state index contributed by atoms with van der Waals surface area (Å²) in [7, 11) is 1.98. The first-order valence-corrected chi connectivity index (χ1v) is 6.23. The number of hydrogen-bond donors (Lipinski definition) is 2. The van der Waals surface area contributed by atoms with Crippen LogP contribution in [0, 0.1) is 5.92 Å². The summed E-state index contributed by atoms with van der Waals surface area (Å²) in [4.78, 5) is 10.5. The van der Waals surface area contributed by atoms with Crippen molar-refractivity contribution in [1.29, 1.82) is 0 Å². The third-order valence-electron chi connectivity index (χ3n) is 3.36. The zero-order chi connectivity index (χ0) is 13.0. The van der Waals surface area contributed by atoms with Gasteiger partial charge < -0.3 is 15.8 Å². The summed E-state index contributed by atoms with van der Waals surface area (Å²) in [5, 5.41) is 11.6. The quantitative estimate of drug-likeness (QED) is 0.362. The number of rotatable bonds is 4. The van der Waals surface area contributed by atoms with Gasteiger partial charge in [-0.05, 0) is 24.8 Å². The van der Waals surface area contributed by atoms with Crippen LogP contribution >= 0.6 is 0 Å². The van der Waals surface area contributed by atoms with E-state index in [0.717, 1.165) is 12.5 Å². The highest BCUT2D eigenvalue weighted by atomic mass is 16.4. The van der Waals surface area contributed by atoms with Crippen LogP contribution in [0.5, 0.6) is 0 Å². The summed E-state index contributed by atoms with van der Waals surface area (Å²) < 4.78 is 0. The van der Waals surface area contributed by atoms with Crippen LogP contribution in [-0.2, 0) is 0 Å². The molecule has 1 fully saturated rings. The van der Waals surface area contributed by atoms with E-state index >= 15 is 0 Å².